The van der Waals surface area contributed by atoms with Gasteiger partial charge in [0.25, 0.3) is 0 Å². The van der Waals surface area contributed by atoms with Crippen molar-refractivity contribution in [1.29, 1.82) is 0 Å². The summed E-state index contributed by atoms with van der Waals surface area (Å²) >= 11 is 5.96. The molecule has 1 fully saturated rings. The molecule has 0 saturated heterocycles. The van der Waals surface area contributed by atoms with E-state index in [1.807, 2.05) is 0 Å². The summed E-state index contributed by atoms with van der Waals surface area (Å²) in [5.41, 5.74) is 0.664. The van der Waals surface area contributed by atoms with E-state index in [4.69, 9.17) is 11.6 Å². The van der Waals surface area contributed by atoms with Crippen LogP contribution in [0.25, 0.3) is 0 Å². The third-order valence-corrected chi connectivity index (χ3v) is 4.72. The lowest BCUT2D eigenvalue weighted by molar-refractivity contribution is 0.112. The summed E-state index contributed by atoms with van der Waals surface area (Å²) in [6, 6.07) is 0.272. The number of nitrogens with zero attached hydrogens (tertiary/aromatic N) is 2. The lowest BCUT2D eigenvalue weighted by atomic mass is 10.0. The zero-order valence-corrected chi connectivity index (χ0v) is 12.1. The van der Waals surface area contributed by atoms with Crippen LogP contribution in [0, 0.1) is 17.8 Å². The summed E-state index contributed by atoms with van der Waals surface area (Å²) in [6.45, 7) is 10.5. The molecule has 1 aliphatic carbocycles. The van der Waals surface area contributed by atoms with Gasteiger partial charge in [-0.2, -0.15) is 0 Å². The molecule has 1 N–H and O–H groups in total. The Bertz CT molecular complexity index is 497. The van der Waals surface area contributed by atoms with Crippen molar-refractivity contribution >= 4 is 23.7 Å². The number of hydrogen-bond acceptors (Lipinski definition) is 4. The summed E-state index contributed by atoms with van der Waals surface area (Å²) in [4.78, 5) is 19.3. The SMILES string of the molecule is Cc1nc(Cl)c(C=O)c(NC2C(C)(C)C2(C)C)n1. The molecular formula is C13H18ClN3O. The molecule has 0 spiro atoms. The van der Waals surface area contributed by atoms with Crippen molar-refractivity contribution in [3.8, 4) is 0 Å². The molecule has 1 aromatic heterocycles. The first-order chi connectivity index (χ1) is 8.21. The number of aldehydes is 1. The van der Waals surface area contributed by atoms with E-state index >= 15 is 0 Å². The monoisotopic (exact) mass is 267 g/mol. The lowest BCUT2D eigenvalue weighted by Crippen LogP contribution is -2.14. The second kappa shape index (κ2) is 3.92. The Labute approximate surface area is 112 Å². The zero-order chi connectivity index (χ0) is 13.7. The number of carbonyl (C=O) groups excluding carboxylic acids is 1. The van der Waals surface area contributed by atoms with E-state index in [9.17, 15) is 4.79 Å². The predicted octanol–water partition coefficient (Wildman–Crippen LogP) is 3.10. The van der Waals surface area contributed by atoms with Gasteiger partial charge in [-0.25, -0.2) is 9.97 Å². The second-order valence-electron chi connectivity index (χ2n) is 5.96. The van der Waals surface area contributed by atoms with Crippen LogP contribution >= 0.6 is 11.6 Å². The van der Waals surface area contributed by atoms with Gasteiger partial charge in [-0.1, -0.05) is 39.3 Å². The maximum atomic E-state index is 11.1. The van der Waals surface area contributed by atoms with Gasteiger partial charge in [0.05, 0.1) is 5.56 Å². The third kappa shape index (κ3) is 1.79. The van der Waals surface area contributed by atoms with Gasteiger partial charge >= 0.3 is 0 Å². The first-order valence-electron chi connectivity index (χ1n) is 5.97. The van der Waals surface area contributed by atoms with Crippen LogP contribution in [-0.4, -0.2) is 22.3 Å². The molecule has 1 saturated carbocycles. The summed E-state index contributed by atoms with van der Waals surface area (Å²) in [7, 11) is 0. The van der Waals surface area contributed by atoms with Gasteiger partial charge in [-0.15, -0.1) is 0 Å². The van der Waals surface area contributed by atoms with Crippen molar-refractivity contribution in [2.75, 3.05) is 5.32 Å². The smallest absolute Gasteiger partial charge is 0.156 e. The van der Waals surface area contributed by atoms with Crippen LogP contribution in [0.1, 0.15) is 43.9 Å². The average molecular weight is 268 g/mol. The molecule has 0 aromatic carbocycles. The fraction of sp³-hybridized carbons (Fsp3) is 0.615. The van der Waals surface area contributed by atoms with E-state index in [-0.39, 0.29) is 22.0 Å². The lowest BCUT2D eigenvalue weighted by Gasteiger charge is -2.11. The van der Waals surface area contributed by atoms with E-state index in [0.717, 1.165) is 0 Å². The normalized spacial score (nSPS) is 20.6. The zero-order valence-electron chi connectivity index (χ0n) is 11.3. The standard InChI is InChI=1S/C13H18ClN3O/c1-7-15-9(14)8(6-18)10(16-7)17-11-12(2,3)13(11,4)5/h6,11H,1-5H3,(H,15,16,17). The maximum absolute atomic E-state index is 11.1. The molecule has 1 aromatic rings. The highest BCUT2D eigenvalue weighted by atomic mass is 35.5. The molecule has 0 bridgehead atoms. The largest absolute Gasteiger partial charge is 0.365 e. The topological polar surface area (TPSA) is 54.9 Å². The molecule has 2 rings (SSSR count). The fourth-order valence-corrected chi connectivity index (χ4v) is 2.71. The maximum Gasteiger partial charge on any atom is 0.156 e. The first-order valence-corrected chi connectivity index (χ1v) is 6.35. The number of anilines is 1. The molecule has 1 aliphatic rings. The number of halogens is 1. The molecule has 0 radical (unpaired) electrons. The Hall–Kier alpha value is -1.16. The molecule has 0 unspecified atom stereocenters. The van der Waals surface area contributed by atoms with Crippen molar-refractivity contribution in [1.82, 2.24) is 9.97 Å². The molecule has 0 aliphatic heterocycles. The molecular weight excluding hydrogens is 250 g/mol. The number of aromatic nitrogens is 2. The Morgan fingerprint density at radius 3 is 2.22 bits per heavy atom. The Morgan fingerprint density at radius 1 is 1.22 bits per heavy atom. The van der Waals surface area contributed by atoms with E-state index in [1.54, 1.807) is 6.92 Å². The van der Waals surface area contributed by atoms with Gasteiger partial charge in [0, 0.05) is 6.04 Å². The third-order valence-electron chi connectivity index (χ3n) is 4.43. The summed E-state index contributed by atoms with van der Waals surface area (Å²) in [5, 5.41) is 3.54. The van der Waals surface area contributed by atoms with Crippen LogP contribution in [-0.2, 0) is 0 Å². The van der Waals surface area contributed by atoms with Crippen LogP contribution in [0.3, 0.4) is 0 Å². The average Bonchev–Trinajstić information content (AvgIpc) is 2.60. The van der Waals surface area contributed by atoms with Crippen molar-refractivity contribution in [2.24, 2.45) is 10.8 Å². The van der Waals surface area contributed by atoms with Crippen molar-refractivity contribution in [3.63, 3.8) is 0 Å². The molecule has 5 heteroatoms. The van der Waals surface area contributed by atoms with Gasteiger partial charge in [-0.3, -0.25) is 4.79 Å². The van der Waals surface area contributed by atoms with Crippen molar-refractivity contribution in [3.05, 3.63) is 16.5 Å². The highest BCUT2D eigenvalue weighted by molar-refractivity contribution is 6.32. The number of rotatable bonds is 3. The van der Waals surface area contributed by atoms with E-state index < -0.39 is 0 Å². The van der Waals surface area contributed by atoms with Crippen LogP contribution in [0.2, 0.25) is 5.15 Å². The number of nitrogens with one attached hydrogen (secondary N) is 1. The fourth-order valence-electron chi connectivity index (χ4n) is 2.46. The Balaban J connectivity index is 2.34. The van der Waals surface area contributed by atoms with E-state index in [2.05, 4.69) is 43.0 Å². The molecule has 18 heavy (non-hydrogen) atoms. The van der Waals surface area contributed by atoms with E-state index in [1.165, 1.54) is 0 Å². The minimum absolute atomic E-state index is 0.165. The van der Waals surface area contributed by atoms with Crippen LogP contribution in [0.5, 0.6) is 0 Å². The van der Waals surface area contributed by atoms with Gasteiger partial charge in [0.15, 0.2) is 6.29 Å². The van der Waals surface area contributed by atoms with Crippen LogP contribution in [0.4, 0.5) is 5.82 Å². The predicted molar refractivity (Wildman–Crippen MR) is 72.1 cm³/mol. The summed E-state index contributed by atoms with van der Waals surface area (Å²) in [6.07, 6.45) is 0.701. The Kier molecular flexibility index (Phi) is 2.89. The first kappa shape index (κ1) is 13.3. The van der Waals surface area contributed by atoms with Crippen molar-refractivity contribution < 1.29 is 4.79 Å². The summed E-state index contributed by atoms with van der Waals surface area (Å²) < 4.78 is 0. The Morgan fingerprint density at radius 2 is 1.78 bits per heavy atom. The number of carbonyl (C=O) groups is 1. The quantitative estimate of drug-likeness (QED) is 0.675. The van der Waals surface area contributed by atoms with Gasteiger partial charge < -0.3 is 5.32 Å². The van der Waals surface area contributed by atoms with Crippen molar-refractivity contribution in [2.45, 2.75) is 40.7 Å². The van der Waals surface area contributed by atoms with Gasteiger partial charge in [0.2, 0.25) is 0 Å². The van der Waals surface area contributed by atoms with Gasteiger partial charge in [-0.05, 0) is 17.8 Å². The molecule has 1 heterocycles. The highest BCUT2D eigenvalue weighted by Crippen LogP contribution is 2.63. The van der Waals surface area contributed by atoms with Gasteiger partial charge in [0.1, 0.15) is 16.8 Å². The molecule has 4 nitrogen and oxygen atoms in total. The van der Waals surface area contributed by atoms with E-state index in [0.29, 0.717) is 23.5 Å². The second-order valence-corrected chi connectivity index (χ2v) is 6.32. The summed E-state index contributed by atoms with van der Waals surface area (Å²) in [5.74, 6) is 1.09. The molecule has 98 valence electrons. The minimum Gasteiger partial charge on any atom is -0.365 e. The number of hydrogen-bond donors (Lipinski definition) is 1. The van der Waals surface area contributed by atoms with Crippen LogP contribution < -0.4 is 5.32 Å². The molecule has 0 atom stereocenters. The minimum atomic E-state index is 0.165. The molecule has 0 amide bonds. The number of aryl methyl sites for hydroxylation is 1. The van der Waals surface area contributed by atoms with Crippen LogP contribution in [0.15, 0.2) is 0 Å². The highest BCUT2D eigenvalue weighted by Gasteiger charge is 2.65.